The molecule has 11 rings (SSSR count). The second kappa shape index (κ2) is 14.1. The van der Waals surface area contributed by atoms with Gasteiger partial charge in [0, 0.05) is 33.2 Å². The van der Waals surface area contributed by atoms with Gasteiger partial charge in [0.15, 0.2) is 0 Å². The molecule has 0 aliphatic carbocycles. The Morgan fingerprint density at radius 2 is 0.810 bits per heavy atom. The van der Waals surface area contributed by atoms with E-state index in [2.05, 4.69) is 240 Å². The van der Waals surface area contributed by atoms with Crippen LogP contribution in [0.5, 0.6) is 0 Å². The average Bonchev–Trinajstić information content (AvgIpc) is 3.64. The van der Waals surface area contributed by atoms with E-state index in [4.69, 9.17) is 0 Å². The molecule has 58 heavy (non-hydrogen) atoms. The minimum atomic E-state index is 1.10. The number of para-hydroxylation sites is 2. The van der Waals surface area contributed by atoms with Crippen molar-refractivity contribution in [1.82, 2.24) is 4.57 Å². The fourth-order valence-corrected chi connectivity index (χ4v) is 8.88. The molecule has 10 aromatic carbocycles. The van der Waals surface area contributed by atoms with E-state index >= 15 is 0 Å². The number of rotatable bonds is 7. The fourth-order valence-electron chi connectivity index (χ4n) is 8.88. The second-order valence-corrected chi connectivity index (χ2v) is 14.9. The molecule has 1 aromatic heterocycles. The van der Waals surface area contributed by atoms with Crippen LogP contribution in [0.3, 0.4) is 0 Å². The van der Waals surface area contributed by atoms with Gasteiger partial charge in [0.1, 0.15) is 0 Å². The number of hydrogen-bond acceptors (Lipinski definition) is 1. The predicted octanol–water partition coefficient (Wildman–Crippen LogP) is 15.6. The highest BCUT2D eigenvalue weighted by molar-refractivity contribution is 6.16. The number of fused-ring (bicyclic) bond motifs is 5. The van der Waals surface area contributed by atoms with Gasteiger partial charge in [-0.25, -0.2) is 0 Å². The lowest BCUT2D eigenvalue weighted by Crippen LogP contribution is -2.09. The topological polar surface area (TPSA) is 8.17 Å². The van der Waals surface area contributed by atoms with Gasteiger partial charge >= 0.3 is 0 Å². The molecule has 0 aliphatic heterocycles. The summed E-state index contributed by atoms with van der Waals surface area (Å²) < 4.78 is 2.44. The summed E-state index contributed by atoms with van der Waals surface area (Å²) >= 11 is 0. The van der Waals surface area contributed by atoms with Crippen LogP contribution in [0.15, 0.2) is 231 Å². The monoisotopic (exact) mass is 738 g/mol. The number of anilines is 3. The highest BCUT2D eigenvalue weighted by Gasteiger charge is 2.19. The molecule has 0 amide bonds. The standard InChI is InChI=1S/C56H38N2/c1-2-19-45(20-3-1)57(46-36-34-40(35-37-46)39-30-32-43(33-31-39)49-25-11-16-41-14-4-6-22-48(41)49)47-21-10-18-44(38-47)51-26-13-29-55-56(51)52-24-8-9-27-54(52)58(55)53-28-12-17-42-15-5-7-23-50(42)53/h1-38H. The van der Waals surface area contributed by atoms with Crippen molar-refractivity contribution in [3.63, 3.8) is 0 Å². The molecule has 0 bridgehead atoms. The highest BCUT2D eigenvalue weighted by atomic mass is 15.1. The average molecular weight is 739 g/mol. The lowest BCUT2D eigenvalue weighted by molar-refractivity contribution is 1.20. The largest absolute Gasteiger partial charge is 0.310 e. The molecule has 2 heteroatoms. The predicted molar refractivity (Wildman–Crippen MR) is 247 cm³/mol. The molecular formula is C56H38N2. The van der Waals surface area contributed by atoms with Crippen LogP contribution < -0.4 is 4.90 Å². The number of hydrogen-bond donors (Lipinski definition) is 0. The molecule has 272 valence electrons. The summed E-state index contributed by atoms with van der Waals surface area (Å²) in [6, 6.07) is 83.6. The molecule has 2 nitrogen and oxygen atoms in total. The van der Waals surface area contributed by atoms with Gasteiger partial charge in [-0.15, -0.1) is 0 Å². The Kier molecular flexibility index (Phi) is 8.19. The molecule has 0 saturated carbocycles. The van der Waals surface area contributed by atoms with Crippen molar-refractivity contribution in [2.75, 3.05) is 4.90 Å². The van der Waals surface area contributed by atoms with E-state index < -0.39 is 0 Å². The van der Waals surface area contributed by atoms with Crippen LogP contribution in [-0.4, -0.2) is 4.57 Å². The van der Waals surface area contributed by atoms with E-state index in [9.17, 15) is 0 Å². The van der Waals surface area contributed by atoms with Crippen molar-refractivity contribution in [2.45, 2.75) is 0 Å². The quantitative estimate of drug-likeness (QED) is 0.158. The van der Waals surface area contributed by atoms with Gasteiger partial charge in [0.05, 0.1) is 16.7 Å². The van der Waals surface area contributed by atoms with Gasteiger partial charge in [0.2, 0.25) is 0 Å². The number of benzene rings is 10. The van der Waals surface area contributed by atoms with Gasteiger partial charge in [-0.05, 0) is 104 Å². The third-order valence-corrected chi connectivity index (χ3v) is 11.6. The highest BCUT2D eigenvalue weighted by Crippen LogP contribution is 2.42. The molecule has 0 N–H and O–H groups in total. The summed E-state index contributed by atoms with van der Waals surface area (Å²) in [4.78, 5) is 2.36. The number of aromatic nitrogens is 1. The van der Waals surface area contributed by atoms with Crippen LogP contribution in [0.25, 0.3) is 82.4 Å². The molecule has 11 aromatic rings. The van der Waals surface area contributed by atoms with Crippen molar-refractivity contribution < 1.29 is 0 Å². The van der Waals surface area contributed by atoms with E-state index in [1.807, 2.05) is 0 Å². The van der Waals surface area contributed by atoms with Gasteiger partial charge < -0.3 is 9.47 Å². The van der Waals surface area contributed by atoms with Crippen LogP contribution in [0, 0.1) is 0 Å². The first-order chi connectivity index (χ1) is 28.8. The van der Waals surface area contributed by atoms with E-state index in [1.165, 1.54) is 82.4 Å². The maximum Gasteiger partial charge on any atom is 0.0547 e. The molecule has 0 radical (unpaired) electrons. The van der Waals surface area contributed by atoms with E-state index in [-0.39, 0.29) is 0 Å². The van der Waals surface area contributed by atoms with E-state index in [0.29, 0.717) is 0 Å². The van der Waals surface area contributed by atoms with Crippen LogP contribution in [-0.2, 0) is 0 Å². The Morgan fingerprint density at radius 1 is 0.293 bits per heavy atom. The van der Waals surface area contributed by atoms with Gasteiger partial charge in [-0.3, -0.25) is 0 Å². The van der Waals surface area contributed by atoms with Gasteiger partial charge in [-0.1, -0.05) is 176 Å². The third-order valence-electron chi connectivity index (χ3n) is 11.6. The SMILES string of the molecule is c1ccc(N(c2ccc(-c3ccc(-c4cccc5ccccc45)cc3)cc2)c2cccc(-c3cccc4c3c3ccccc3n4-c3cccc4ccccc34)c2)cc1. The summed E-state index contributed by atoms with van der Waals surface area (Å²) in [5, 5.41) is 7.50. The Hall–Kier alpha value is -7.68. The molecule has 0 aliphatic rings. The smallest absolute Gasteiger partial charge is 0.0547 e. The summed E-state index contributed by atoms with van der Waals surface area (Å²) in [7, 11) is 0. The Bertz CT molecular complexity index is 3260. The van der Waals surface area contributed by atoms with Crippen LogP contribution in [0.2, 0.25) is 0 Å². The van der Waals surface area contributed by atoms with Crippen molar-refractivity contribution in [1.29, 1.82) is 0 Å². The third kappa shape index (κ3) is 5.74. The first-order valence-corrected chi connectivity index (χ1v) is 19.9. The molecule has 1 heterocycles. The number of nitrogens with zero attached hydrogens (tertiary/aromatic N) is 2. The fraction of sp³-hybridized carbons (Fsp3) is 0. The van der Waals surface area contributed by atoms with Crippen LogP contribution in [0.4, 0.5) is 17.1 Å². The van der Waals surface area contributed by atoms with Crippen molar-refractivity contribution in [2.24, 2.45) is 0 Å². The lowest BCUT2D eigenvalue weighted by atomic mass is 9.96. The van der Waals surface area contributed by atoms with E-state index in [0.717, 1.165) is 17.1 Å². The van der Waals surface area contributed by atoms with Crippen molar-refractivity contribution in [3.8, 4) is 39.1 Å². The zero-order chi connectivity index (χ0) is 38.4. The van der Waals surface area contributed by atoms with Crippen LogP contribution in [0.1, 0.15) is 0 Å². The minimum absolute atomic E-state index is 1.10. The minimum Gasteiger partial charge on any atom is -0.310 e. The van der Waals surface area contributed by atoms with Crippen LogP contribution >= 0.6 is 0 Å². The Balaban J connectivity index is 0.988. The maximum absolute atomic E-state index is 2.44. The maximum atomic E-state index is 2.44. The summed E-state index contributed by atoms with van der Waals surface area (Å²) in [5.74, 6) is 0. The molecule has 0 saturated heterocycles. The van der Waals surface area contributed by atoms with E-state index in [1.54, 1.807) is 0 Å². The van der Waals surface area contributed by atoms with Gasteiger partial charge in [-0.2, -0.15) is 0 Å². The molecule has 0 spiro atoms. The summed E-state index contributed by atoms with van der Waals surface area (Å²) in [6.07, 6.45) is 0. The molecule has 0 unspecified atom stereocenters. The summed E-state index contributed by atoms with van der Waals surface area (Å²) in [6.45, 7) is 0. The van der Waals surface area contributed by atoms with Gasteiger partial charge in [0.25, 0.3) is 0 Å². The first-order valence-electron chi connectivity index (χ1n) is 19.9. The first kappa shape index (κ1) is 33.6. The Morgan fingerprint density at radius 3 is 1.60 bits per heavy atom. The summed E-state index contributed by atoms with van der Waals surface area (Å²) in [5.41, 5.74) is 14.1. The lowest BCUT2D eigenvalue weighted by Gasteiger charge is -2.26. The Labute approximate surface area is 338 Å². The van der Waals surface area contributed by atoms with Crippen molar-refractivity contribution >= 4 is 60.4 Å². The molecule has 0 fully saturated rings. The normalized spacial score (nSPS) is 11.4. The second-order valence-electron chi connectivity index (χ2n) is 14.9. The molecular weight excluding hydrogens is 701 g/mol. The zero-order valence-electron chi connectivity index (χ0n) is 31.8. The van der Waals surface area contributed by atoms with Crippen molar-refractivity contribution in [3.05, 3.63) is 231 Å². The molecule has 0 atom stereocenters. The zero-order valence-corrected chi connectivity index (χ0v) is 31.8.